The van der Waals surface area contributed by atoms with Gasteiger partial charge in [-0.25, -0.2) is 0 Å². The van der Waals surface area contributed by atoms with Crippen molar-refractivity contribution in [3.05, 3.63) is 119 Å². The molecule has 0 saturated carbocycles. The molecule has 0 bridgehead atoms. The van der Waals surface area contributed by atoms with Crippen molar-refractivity contribution < 1.29 is 0 Å². The first-order valence-corrected chi connectivity index (χ1v) is 15.2. The number of para-hydroxylation sites is 2. The van der Waals surface area contributed by atoms with Crippen LogP contribution in [0.15, 0.2) is 108 Å². The third kappa shape index (κ3) is 4.21. The maximum absolute atomic E-state index is 3.89. The molecule has 0 aliphatic rings. The molecule has 0 spiro atoms. The maximum Gasteiger partial charge on any atom is 0.0541 e. The monoisotopic (exact) mass is 598 g/mol. The lowest BCUT2D eigenvalue weighted by Crippen LogP contribution is -2.10. The van der Waals surface area contributed by atoms with Crippen LogP contribution in [0.2, 0.25) is 0 Å². The van der Waals surface area contributed by atoms with Gasteiger partial charge in [-0.3, -0.25) is 0 Å². The van der Waals surface area contributed by atoms with Crippen molar-refractivity contribution in [2.75, 3.05) is 0 Å². The number of fused-ring (bicyclic) bond motifs is 6. The van der Waals surface area contributed by atoms with Gasteiger partial charge in [0, 0.05) is 37.4 Å². The molecule has 3 heteroatoms. The summed E-state index contributed by atoms with van der Waals surface area (Å²) in [7, 11) is 0. The van der Waals surface area contributed by atoms with Crippen LogP contribution in [0.4, 0.5) is 0 Å². The van der Waals surface area contributed by atoms with Crippen LogP contribution in [0.1, 0.15) is 52.7 Å². The Hall–Kier alpha value is -3.82. The van der Waals surface area contributed by atoms with Crippen LogP contribution in [0.25, 0.3) is 55.0 Å². The molecule has 2 aromatic heterocycles. The van der Waals surface area contributed by atoms with Crippen LogP contribution in [0.5, 0.6) is 0 Å². The summed E-state index contributed by atoms with van der Waals surface area (Å²) in [4.78, 5) is 0. The van der Waals surface area contributed by atoms with E-state index in [2.05, 4.69) is 170 Å². The Kier molecular flexibility index (Phi) is 5.79. The van der Waals surface area contributed by atoms with Gasteiger partial charge in [-0.05, 0) is 76.6 Å². The fraction of sp³-hybridized carbons (Fsp3) is 0.211. The Balaban J connectivity index is 1.52. The predicted molar refractivity (Wildman–Crippen MR) is 180 cm³/mol. The van der Waals surface area contributed by atoms with Gasteiger partial charge in [-0.1, -0.05) is 106 Å². The van der Waals surface area contributed by atoms with E-state index < -0.39 is 0 Å². The molecular formula is C38H35BrN2. The number of hydrogen-bond acceptors (Lipinski definition) is 0. The summed E-state index contributed by atoms with van der Waals surface area (Å²) >= 11 is 3.89. The summed E-state index contributed by atoms with van der Waals surface area (Å²) in [5.41, 5.74) is 10.0. The molecule has 0 amide bonds. The average Bonchev–Trinajstić information content (AvgIpc) is 3.44. The molecule has 204 valence electrons. The zero-order valence-electron chi connectivity index (χ0n) is 24.6. The lowest BCUT2D eigenvalue weighted by Gasteiger charge is -2.19. The number of aromatic nitrogens is 2. The highest BCUT2D eigenvalue weighted by molar-refractivity contribution is 9.10. The molecule has 0 atom stereocenters. The standard InChI is InChI=1S/C38H35BrN2/c1-37(2,3)24-15-17-35-31(19-24)29-11-7-9-13-33(29)40(35)27-21-26(39)22-28(23-27)41-34-14-10-8-12-30(34)32-20-25(38(4,5)6)16-18-36(32)41/h7-23H,1-6H3. The minimum atomic E-state index is 0.0870. The third-order valence-electron chi connectivity index (χ3n) is 8.46. The van der Waals surface area contributed by atoms with Gasteiger partial charge in [-0.15, -0.1) is 0 Å². The van der Waals surface area contributed by atoms with Crippen molar-refractivity contribution >= 4 is 59.5 Å². The molecule has 0 aliphatic carbocycles. The molecule has 41 heavy (non-hydrogen) atoms. The second kappa shape index (κ2) is 9.09. The number of rotatable bonds is 2. The second-order valence-corrected chi connectivity index (χ2v) is 14.3. The van der Waals surface area contributed by atoms with Crippen molar-refractivity contribution in [3.63, 3.8) is 0 Å². The van der Waals surface area contributed by atoms with E-state index in [9.17, 15) is 0 Å². The molecule has 2 heterocycles. The van der Waals surface area contributed by atoms with Crippen LogP contribution in [0, 0.1) is 0 Å². The quantitative estimate of drug-likeness (QED) is 0.187. The lowest BCUT2D eigenvalue weighted by molar-refractivity contribution is 0.591. The van der Waals surface area contributed by atoms with Crippen molar-refractivity contribution in [1.82, 2.24) is 9.13 Å². The van der Waals surface area contributed by atoms with Gasteiger partial charge in [0.15, 0.2) is 0 Å². The van der Waals surface area contributed by atoms with Crippen LogP contribution in [-0.4, -0.2) is 9.13 Å². The van der Waals surface area contributed by atoms with Crippen LogP contribution >= 0.6 is 15.9 Å². The Labute approximate surface area is 250 Å². The molecule has 0 fully saturated rings. The highest BCUT2D eigenvalue weighted by Gasteiger charge is 2.21. The zero-order chi connectivity index (χ0) is 28.7. The summed E-state index contributed by atoms with van der Waals surface area (Å²) in [5.74, 6) is 0. The van der Waals surface area contributed by atoms with Crippen LogP contribution < -0.4 is 0 Å². The second-order valence-electron chi connectivity index (χ2n) is 13.3. The minimum absolute atomic E-state index is 0.0870. The molecule has 2 nitrogen and oxygen atoms in total. The summed E-state index contributed by atoms with van der Waals surface area (Å²) in [6, 6.07) is 38.3. The first-order chi connectivity index (χ1) is 19.5. The van der Waals surface area contributed by atoms with Crippen molar-refractivity contribution in [1.29, 1.82) is 0 Å². The van der Waals surface area contributed by atoms with E-state index in [-0.39, 0.29) is 10.8 Å². The van der Waals surface area contributed by atoms with Gasteiger partial charge < -0.3 is 9.13 Å². The number of nitrogens with zero attached hydrogens (tertiary/aromatic N) is 2. The van der Waals surface area contributed by atoms with Gasteiger partial charge in [0.05, 0.1) is 22.1 Å². The summed E-state index contributed by atoms with van der Waals surface area (Å²) in [6.45, 7) is 13.7. The highest BCUT2D eigenvalue weighted by atomic mass is 79.9. The average molecular weight is 600 g/mol. The molecule has 0 aliphatic heterocycles. The summed E-state index contributed by atoms with van der Waals surface area (Å²) in [5, 5.41) is 5.14. The van der Waals surface area contributed by atoms with Gasteiger partial charge in [0.1, 0.15) is 0 Å². The van der Waals surface area contributed by atoms with E-state index in [1.807, 2.05) is 0 Å². The topological polar surface area (TPSA) is 9.86 Å². The Morgan fingerprint density at radius 1 is 0.439 bits per heavy atom. The zero-order valence-corrected chi connectivity index (χ0v) is 26.2. The Bertz CT molecular complexity index is 1980. The molecule has 7 rings (SSSR count). The van der Waals surface area contributed by atoms with E-state index in [1.54, 1.807) is 0 Å². The minimum Gasteiger partial charge on any atom is -0.309 e. The van der Waals surface area contributed by atoms with E-state index in [1.165, 1.54) is 54.7 Å². The fourth-order valence-electron chi connectivity index (χ4n) is 6.25. The Morgan fingerprint density at radius 3 is 1.24 bits per heavy atom. The van der Waals surface area contributed by atoms with E-state index in [0.717, 1.165) is 15.8 Å². The molecule has 5 aromatic carbocycles. The molecule has 0 saturated heterocycles. The van der Waals surface area contributed by atoms with Crippen LogP contribution in [-0.2, 0) is 10.8 Å². The van der Waals surface area contributed by atoms with Crippen molar-refractivity contribution in [3.8, 4) is 11.4 Å². The smallest absolute Gasteiger partial charge is 0.0541 e. The van der Waals surface area contributed by atoms with Crippen molar-refractivity contribution in [2.45, 2.75) is 52.4 Å². The molecular weight excluding hydrogens is 564 g/mol. The SMILES string of the molecule is CC(C)(C)c1ccc2c(c1)c1ccccc1n2-c1cc(Br)cc(-n2c3ccccc3c3cc(C(C)(C)C)ccc32)c1. The van der Waals surface area contributed by atoms with Gasteiger partial charge in [0.2, 0.25) is 0 Å². The molecule has 0 unspecified atom stereocenters. The predicted octanol–water partition coefficient (Wildman–Crippen LogP) is 11.2. The maximum atomic E-state index is 3.89. The van der Waals surface area contributed by atoms with Crippen molar-refractivity contribution in [2.24, 2.45) is 0 Å². The van der Waals surface area contributed by atoms with Crippen LogP contribution in [0.3, 0.4) is 0 Å². The van der Waals surface area contributed by atoms with E-state index in [4.69, 9.17) is 0 Å². The highest BCUT2D eigenvalue weighted by Crippen LogP contribution is 2.39. The molecule has 0 radical (unpaired) electrons. The number of halogens is 1. The first kappa shape index (κ1) is 26.1. The lowest BCUT2D eigenvalue weighted by atomic mass is 9.86. The third-order valence-corrected chi connectivity index (χ3v) is 8.92. The van der Waals surface area contributed by atoms with Gasteiger partial charge in [0.25, 0.3) is 0 Å². The molecule has 0 N–H and O–H groups in total. The largest absolute Gasteiger partial charge is 0.309 e. The molecule has 7 aromatic rings. The Morgan fingerprint density at radius 2 is 0.829 bits per heavy atom. The first-order valence-electron chi connectivity index (χ1n) is 14.4. The number of benzene rings is 5. The van der Waals surface area contributed by atoms with E-state index >= 15 is 0 Å². The fourth-order valence-corrected chi connectivity index (χ4v) is 6.72. The van der Waals surface area contributed by atoms with Gasteiger partial charge >= 0.3 is 0 Å². The van der Waals surface area contributed by atoms with Gasteiger partial charge in [-0.2, -0.15) is 0 Å². The normalized spacial score (nSPS) is 12.8. The van der Waals surface area contributed by atoms with E-state index in [0.29, 0.717) is 0 Å². The number of hydrogen-bond donors (Lipinski definition) is 0. The summed E-state index contributed by atoms with van der Waals surface area (Å²) in [6.07, 6.45) is 0. The summed E-state index contributed by atoms with van der Waals surface area (Å²) < 4.78 is 5.88.